The quantitative estimate of drug-likeness (QED) is 0.714. The van der Waals surface area contributed by atoms with E-state index in [1.54, 1.807) is 0 Å². The van der Waals surface area contributed by atoms with Gasteiger partial charge in [-0.05, 0) is 36.6 Å². The van der Waals surface area contributed by atoms with Gasteiger partial charge in [0.2, 0.25) is 0 Å². The molecule has 0 amide bonds. The summed E-state index contributed by atoms with van der Waals surface area (Å²) in [6.45, 7) is 7.48. The topological polar surface area (TPSA) is 77.8 Å². The van der Waals surface area contributed by atoms with E-state index in [0.29, 0.717) is 17.0 Å². The summed E-state index contributed by atoms with van der Waals surface area (Å²) >= 11 is 0. The predicted octanol–water partition coefficient (Wildman–Crippen LogP) is 2.30. The van der Waals surface area contributed by atoms with Crippen molar-refractivity contribution >= 4 is 11.0 Å². The van der Waals surface area contributed by atoms with Crippen LogP contribution in [0, 0.1) is 5.92 Å². The zero-order valence-electron chi connectivity index (χ0n) is 12.8. The van der Waals surface area contributed by atoms with Crippen LogP contribution in [0.4, 0.5) is 0 Å². The lowest BCUT2D eigenvalue weighted by Gasteiger charge is -2.25. The highest BCUT2D eigenvalue weighted by molar-refractivity contribution is 5.74. The van der Waals surface area contributed by atoms with E-state index in [0.717, 1.165) is 24.9 Å². The monoisotopic (exact) mass is 289 g/mol. The van der Waals surface area contributed by atoms with Crippen molar-refractivity contribution in [3.8, 4) is 0 Å². The number of hydrogen-bond donors (Lipinski definition) is 3. The van der Waals surface area contributed by atoms with Gasteiger partial charge in [0, 0.05) is 6.04 Å². The molecule has 21 heavy (non-hydrogen) atoms. The summed E-state index contributed by atoms with van der Waals surface area (Å²) in [7, 11) is 0. The normalized spacial score (nSPS) is 14.2. The molecule has 2 unspecified atom stereocenters. The summed E-state index contributed by atoms with van der Waals surface area (Å²) in [5, 5.41) is 3.56. The van der Waals surface area contributed by atoms with Crippen molar-refractivity contribution in [3.05, 3.63) is 44.5 Å². The van der Waals surface area contributed by atoms with E-state index >= 15 is 0 Å². The fraction of sp³-hybridized carbons (Fsp3) is 0.500. The van der Waals surface area contributed by atoms with Crippen LogP contribution in [0.15, 0.2) is 27.8 Å². The smallest absolute Gasteiger partial charge is 0.314 e. The van der Waals surface area contributed by atoms with Crippen molar-refractivity contribution in [1.29, 1.82) is 0 Å². The second-order valence-corrected chi connectivity index (χ2v) is 5.53. The molecule has 2 rings (SSSR count). The van der Waals surface area contributed by atoms with E-state index in [1.165, 1.54) is 0 Å². The number of rotatable bonds is 6. The average Bonchev–Trinajstić information content (AvgIpc) is 2.48. The molecule has 3 N–H and O–H groups in total. The van der Waals surface area contributed by atoms with Gasteiger partial charge in [-0.2, -0.15) is 0 Å². The maximum absolute atomic E-state index is 11.5. The molecule has 0 saturated heterocycles. The van der Waals surface area contributed by atoms with E-state index in [1.807, 2.05) is 18.2 Å². The Kier molecular flexibility index (Phi) is 4.96. The highest BCUT2D eigenvalue weighted by Crippen LogP contribution is 2.25. The highest BCUT2D eigenvalue weighted by atomic mass is 16.2. The fourth-order valence-electron chi connectivity index (χ4n) is 2.51. The molecule has 0 saturated carbocycles. The van der Waals surface area contributed by atoms with Gasteiger partial charge in [-0.25, -0.2) is 0 Å². The molecule has 1 heterocycles. The van der Waals surface area contributed by atoms with Crippen LogP contribution in [0.3, 0.4) is 0 Å². The molecular weight excluding hydrogens is 266 g/mol. The Morgan fingerprint density at radius 2 is 1.76 bits per heavy atom. The molecule has 0 bridgehead atoms. The van der Waals surface area contributed by atoms with Crippen molar-refractivity contribution in [2.45, 2.75) is 39.7 Å². The van der Waals surface area contributed by atoms with Gasteiger partial charge in [-0.15, -0.1) is 0 Å². The van der Waals surface area contributed by atoms with Crippen LogP contribution in [0.25, 0.3) is 11.0 Å². The Balaban J connectivity index is 2.45. The minimum Gasteiger partial charge on any atom is -0.316 e. The summed E-state index contributed by atoms with van der Waals surface area (Å²) < 4.78 is 0. The van der Waals surface area contributed by atoms with Crippen molar-refractivity contribution in [2.75, 3.05) is 6.54 Å². The second-order valence-electron chi connectivity index (χ2n) is 5.53. The number of aromatic amines is 2. The molecule has 0 spiro atoms. The van der Waals surface area contributed by atoms with E-state index in [2.05, 4.69) is 36.1 Å². The molecule has 0 radical (unpaired) electrons. The van der Waals surface area contributed by atoms with Gasteiger partial charge in [-0.3, -0.25) is 9.59 Å². The minimum atomic E-state index is -0.613. The molecule has 0 fully saturated rings. The van der Waals surface area contributed by atoms with E-state index in [-0.39, 0.29) is 6.04 Å². The van der Waals surface area contributed by atoms with Crippen molar-refractivity contribution in [2.24, 2.45) is 5.92 Å². The standard InChI is InChI=1S/C16H23N3O2/c1-4-8-17-14(10(3)5-2)11-6-7-12-13(9-11)19-16(21)15(20)18-12/h6-7,9-10,14,17H,4-5,8H2,1-3H3,(H,18,20)(H,19,21). The van der Waals surface area contributed by atoms with Crippen LogP contribution in [-0.4, -0.2) is 16.5 Å². The van der Waals surface area contributed by atoms with Gasteiger partial charge in [0.1, 0.15) is 0 Å². The first-order valence-corrected chi connectivity index (χ1v) is 7.56. The van der Waals surface area contributed by atoms with Crippen molar-refractivity contribution in [3.63, 3.8) is 0 Å². The van der Waals surface area contributed by atoms with Gasteiger partial charge in [0.25, 0.3) is 0 Å². The molecule has 0 aliphatic heterocycles. The predicted molar refractivity (Wildman–Crippen MR) is 85.7 cm³/mol. The molecule has 0 aliphatic rings. The highest BCUT2D eigenvalue weighted by Gasteiger charge is 2.17. The molecule has 2 aromatic rings. The van der Waals surface area contributed by atoms with Crippen molar-refractivity contribution in [1.82, 2.24) is 15.3 Å². The average molecular weight is 289 g/mol. The van der Waals surface area contributed by atoms with E-state index < -0.39 is 11.1 Å². The number of hydrogen-bond acceptors (Lipinski definition) is 3. The summed E-state index contributed by atoms with van der Waals surface area (Å²) in [5.74, 6) is 0.489. The Morgan fingerprint density at radius 1 is 1.10 bits per heavy atom. The number of aromatic nitrogens is 2. The maximum atomic E-state index is 11.5. The first kappa shape index (κ1) is 15.5. The Hall–Kier alpha value is -1.88. The van der Waals surface area contributed by atoms with Crippen LogP contribution in [-0.2, 0) is 0 Å². The molecule has 2 atom stereocenters. The molecular formula is C16H23N3O2. The Labute approximate surface area is 123 Å². The molecule has 5 nitrogen and oxygen atoms in total. The van der Waals surface area contributed by atoms with Gasteiger partial charge >= 0.3 is 11.1 Å². The first-order valence-electron chi connectivity index (χ1n) is 7.56. The minimum absolute atomic E-state index is 0.245. The Morgan fingerprint density at radius 3 is 2.38 bits per heavy atom. The summed E-state index contributed by atoms with van der Waals surface area (Å²) in [6, 6.07) is 6.06. The molecule has 1 aromatic heterocycles. The number of benzene rings is 1. The second kappa shape index (κ2) is 6.72. The molecule has 0 aliphatic carbocycles. The molecule has 1 aromatic carbocycles. The third-order valence-corrected chi connectivity index (χ3v) is 3.93. The van der Waals surface area contributed by atoms with Crippen LogP contribution in [0.1, 0.15) is 45.2 Å². The summed E-state index contributed by atoms with van der Waals surface area (Å²) in [5.41, 5.74) is 1.23. The van der Waals surface area contributed by atoms with Gasteiger partial charge in [0.15, 0.2) is 0 Å². The van der Waals surface area contributed by atoms with Gasteiger partial charge < -0.3 is 15.3 Å². The van der Waals surface area contributed by atoms with E-state index in [9.17, 15) is 9.59 Å². The molecule has 5 heteroatoms. The fourth-order valence-corrected chi connectivity index (χ4v) is 2.51. The first-order chi connectivity index (χ1) is 10.1. The lowest BCUT2D eigenvalue weighted by atomic mass is 9.92. The van der Waals surface area contributed by atoms with Crippen LogP contribution in [0.2, 0.25) is 0 Å². The molecule has 114 valence electrons. The lowest BCUT2D eigenvalue weighted by Crippen LogP contribution is -2.30. The number of fused-ring (bicyclic) bond motifs is 1. The maximum Gasteiger partial charge on any atom is 0.314 e. The van der Waals surface area contributed by atoms with Crippen LogP contribution < -0.4 is 16.4 Å². The zero-order chi connectivity index (χ0) is 15.4. The zero-order valence-corrected chi connectivity index (χ0v) is 12.8. The third kappa shape index (κ3) is 3.42. The summed E-state index contributed by atoms with van der Waals surface area (Å²) in [4.78, 5) is 28.0. The number of H-pyrrole nitrogens is 2. The number of nitrogens with one attached hydrogen (secondary N) is 3. The lowest BCUT2D eigenvalue weighted by molar-refractivity contribution is 0.377. The van der Waals surface area contributed by atoms with Crippen LogP contribution in [0.5, 0.6) is 0 Å². The largest absolute Gasteiger partial charge is 0.316 e. The summed E-state index contributed by atoms with van der Waals surface area (Å²) in [6.07, 6.45) is 2.15. The van der Waals surface area contributed by atoms with Crippen molar-refractivity contribution < 1.29 is 0 Å². The Bertz CT molecular complexity index is 717. The SMILES string of the molecule is CCCNC(c1ccc2[nH]c(=O)c(=O)[nH]c2c1)C(C)CC. The van der Waals surface area contributed by atoms with Gasteiger partial charge in [-0.1, -0.05) is 33.3 Å². The van der Waals surface area contributed by atoms with Crippen LogP contribution >= 0.6 is 0 Å². The van der Waals surface area contributed by atoms with Gasteiger partial charge in [0.05, 0.1) is 11.0 Å². The third-order valence-electron chi connectivity index (χ3n) is 3.93. The van der Waals surface area contributed by atoms with E-state index in [4.69, 9.17) is 0 Å².